The van der Waals surface area contributed by atoms with Gasteiger partial charge in [0.05, 0.1) is 23.6 Å². The van der Waals surface area contributed by atoms with E-state index in [1.54, 1.807) is 35.9 Å². The number of nitrogens with zero attached hydrogens (tertiary/aromatic N) is 4. The van der Waals surface area contributed by atoms with Crippen LogP contribution in [0.2, 0.25) is 0 Å². The molecular weight excluding hydrogens is 487 g/mol. The van der Waals surface area contributed by atoms with Gasteiger partial charge >= 0.3 is 5.97 Å². The van der Waals surface area contributed by atoms with E-state index in [1.165, 1.54) is 12.1 Å². The molecule has 1 fully saturated rings. The molecule has 0 radical (unpaired) electrons. The van der Waals surface area contributed by atoms with Crippen LogP contribution in [-0.2, 0) is 4.74 Å². The highest BCUT2D eigenvalue weighted by Crippen LogP contribution is 2.28. The fourth-order valence-corrected chi connectivity index (χ4v) is 4.72. The Hall–Kier alpha value is -4.40. The van der Waals surface area contributed by atoms with Crippen molar-refractivity contribution >= 4 is 17.6 Å². The van der Waals surface area contributed by atoms with Gasteiger partial charge in [-0.05, 0) is 63.2 Å². The van der Waals surface area contributed by atoms with Crippen molar-refractivity contribution in [2.75, 3.05) is 37.7 Å². The number of halogens is 1. The lowest BCUT2D eigenvalue weighted by Gasteiger charge is -2.36. The highest BCUT2D eigenvalue weighted by molar-refractivity contribution is 5.95. The fourth-order valence-electron chi connectivity index (χ4n) is 4.72. The van der Waals surface area contributed by atoms with Gasteiger partial charge in [0.2, 0.25) is 0 Å². The Balaban J connectivity index is 1.34. The van der Waals surface area contributed by atoms with Crippen molar-refractivity contribution in [2.24, 2.45) is 0 Å². The molecule has 1 saturated heterocycles. The van der Waals surface area contributed by atoms with Crippen LogP contribution < -0.4 is 4.90 Å². The van der Waals surface area contributed by atoms with Gasteiger partial charge in [-0.15, -0.1) is 0 Å². The Kier molecular flexibility index (Phi) is 7.00. The lowest BCUT2D eigenvalue weighted by atomic mass is 10.1. The van der Waals surface area contributed by atoms with Gasteiger partial charge in [-0.25, -0.2) is 13.9 Å². The zero-order valence-electron chi connectivity index (χ0n) is 21.6. The maximum Gasteiger partial charge on any atom is 0.358 e. The molecule has 2 aromatic heterocycles. The van der Waals surface area contributed by atoms with Crippen LogP contribution in [0.25, 0.3) is 16.9 Å². The highest BCUT2D eigenvalue weighted by atomic mass is 19.1. The van der Waals surface area contributed by atoms with Crippen LogP contribution in [0.5, 0.6) is 0 Å². The normalized spacial score (nSPS) is 13.6. The Morgan fingerprint density at radius 1 is 0.974 bits per heavy atom. The summed E-state index contributed by atoms with van der Waals surface area (Å²) in [6.07, 6.45) is 0. The Labute approximate surface area is 220 Å². The van der Waals surface area contributed by atoms with E-state index in [0.29, 0.717) is 48.9 Å². The minimum atomic E-state index is -0.534. The number of aryl methyl sites for hydroxylation is 2. The number of hydrogen-bond donors (Lipinski definition) is 0. The number of aromatic nitrogens is 2. The molecule has 0 aliphatic carbocycles. The largest absolute Gasteiger partial charge is 0.466 e. The number of rotatable bonds is 6. The van der Waals surface area contributed by atoms with Gasteiger partial charge in [-0.3, -0.25) is 4.79 Å². The summed E-state index contributed by atoms with van der Waals surface area (Å²) < 4.78 is 26.2. The molecule has 4 aromatic rings. The summed E-state index contributed by atoms with van der Waals surface area (Å²) in [6, 6.07) is 17.4. The minimum Gasteiger partial charge on any atom is -0.466 e. The minimum absolute atomic E-state index is 0.00244. The molecule has 2 aromatic carbocycles. The van der Waals surface area contributed by atoms with E-state index in [1.807, 2.05) is 43.0 Å². The standard InChI is InChI=1S/C29H29FN4O4/c1-4-37-29(36)26-18-27(34(31-26)24-7-5-6-22(30)17-24)21-8-10-23(11-9-21)32-12-14-33(15-13-32)28(35)25-16-19(2)38-20(25)3/h5-11,16-18H,4,12-15H2,1-3H3. The number of benzene rings is 2. The van der Waals surface area contributed by atoms with Gasteiger partial charge in [-0.1, -0.05) is 18.2 Å². The SMILES string of the molecule is CCOC(=O)c1cc(-c2ccc(N3CCN(C(=O)c4cc(C)oc4C)CC3)cc2)n(-c2cccc(F)c2)n1. The molecule has 9 heteroatoms. The Morgan fingerprint density at radius 2 is 1.71 bits per heavy atom. The van der Waals surface area contributed by atoms with Gasteiger partial charge in [-0.2, -0.15) is 5.10 Å². The lowest BCUT2D eigenvalue weighted by Crippen LogP contribution is -2.48. The van der Waals surface area contributed by atoms with E-state index in [-0.39, 0.29) is 18.2 Å². The van der Waals surface area contributed by atoms with Gasteiger partial charge < -0.3 is 19.0 Å². The first-order chi connectivity index (χ1) is 18.3. The van der Waals surface area contributed by atoms with Crippen LogP contribution >= 0.6 is 0 Å². The van der Waals surface area contributed by atoms with Crippen LogP contribution in [0.15, 0.2) is 65.1 Å². The second kappa shape index (κ2) is 10.5. The molecule has 0 spiro atoms. The number of carbonyl (C=O) groups is 2. The first kappa shape index (κ1) is 25.3. The van der Waals surface area contributed by atoms with Crippen molar-refractivity contribution in [1.82, 2.24) is 14.7 Å². The smallest absolute Gasteiger partial charge is 0.358 e. The molecule has 5 rings (SSSR count). The summed E-state index contributed by atoms with van der Waals surface area (Å²) in [4.78, 5) is 29.4. The van der Waals surface area contributed by atoms with Crippen LogP contribution in [0.3, 0.4) is 0 Å². The maximum absolute atomic E-state index is 14.0. The van der Waals surface area contributed by atoms with Crippen LogP contribution in [0, 0.1) is 19.7 Å². The Morgan fingerprint density at radius 3 is 2.34 bits per heavy atom. The molecule has 8 nitrogen and oxygen atoms in total. The number of carbonyl (C=O) groups excluding carboxylic acids is 2. The molecular formula is C29H29FN4O4. The summed E-state index contributed by atoms with van der Waals surface area (Å²) in [7, 11) is 0. The molecule has 1 amide bonds. The van der Waals surface area contributed by atoms with Gasteiger partial charge in [0.15, 0.2) is 5.69 Å². The number of anilines is 1. The predicted octanol–water partition coefficient (Wildman–Crippen LogP) is 5.03. The molecule has 0 N–H and O–H groups in total. The third-order valence-electron chi connectivity index (χ3n) is 6.61. The molecule has 0 bridgehead atoms. The highest BCUT2D eigenvalue weighted by Gasteiger charge is 2.25. The van der Waals surface area contributed by atoms with E-state index in [4.69, 9.17) is 9.15 Å². The van der Waals surface area contributed by atoms with Crippen LogP contribution in [-0.4, -0.2) is 59.3 Å². The van der Waals surface area contributed by atoms with Crippen LogP contribution in [0.1, 0.15) is 39.3 Å². The van der Waals surface area contributed by atoms with E-state index in [2.05, 4.69) is 10.00 Å². The van der Waals surface area contributed by atoms with E-state index in [0.717, 1.165) is 17.0 Å². The third-order valence-corrected chi connectivity index (χ3v) is 6.61. The number of piperazine rings is 1. The summed E-state index contributed by atoms with van der Waals surface area (Å²) in [6.45, 7) is 8.25. The van der Waals surface area contributed by atoms with Gasteiger partial charge in [0, 0.05) is 37.4 Å². The fraction of sp³-hybridized carbons (Fsp3) is 0.276. The number of furan rings is 1. The van der Waals surface area contributed by atoms with Gasteiger partial charge in [0.25, 0.3) is 5.91 Å². The second-order valence-corrected chi connectivity index (χ2v) is 9.18. The molecule has 0 saturated carbocycles. The zero-order valence-corrected chi connectivity index (χ0v) is 21.6. The zero-order chi connectivity index (χ0) is 26.8. The molecule has 196 valence electrons. The monoisotopic (exact) mass is 516 g/mol. The van der Waals surface area contributed by atoms with Crippen LogP contribution in [0.4, 0.5) is 10.1 Å². The first-order valence-electron chi connectivity index (χ1n) is 12.6. The van der Waals surface area contributed by atoms with Crippen molar-refractivity contribution in [2.45, 2.75) is 20.8 Å². The Bertz CT molecular complexity index is 1470. The van der Waals surface area contributed by atoms with E-state index < -0.39 is 11.8 Å². The maximum atomic E-state index is 14.0. The van der Waals surface area contributed by atoms with Gasteiger partial charge in [0.1, 0.15) is 17.3 Å². The van der Waals surface area contributed by atoms with E-state index >= 15 is 0 Å². The number of esters is 1. The van der Waals surface area contributed by atoms with Crippen molar-refractivity contribution in [3.05, 3.63) is 89.3 Å². The number of hydrogen-bond acceptors (Lipinski definition) is 6. The van der Waals surface area contributed by atoms with Crippen molar-refractivity contribution in [3.63, 3.8) is 0 Å². The summed E-state index contributed by atoms with van der Waals surface area (Å²) in [5, 5.41) is 4.41. The van der Waals surface area contributed by atoms with Crippen molar-refractivity contribution in [1.29, 1.82) is 0 Å². The molecule has 38 heavy (non-hydrogen) atoms. The predicted molar refractivity (Wildman–Crippen MR) is 141 cm³/mol. The topological polar surface area (TPSA) is 80.8 Å². The molecule has 1 aliphatic rings. The molecule has 3 heterocycles. The third kappa shape index (κ3) is 5.04. The van der Waals surface area contributed by atoms with Crippen molar-refractivity contribution < 1.29 is 23.1 Å². The number of amides is 1. The first-order valence-corrected chi connectivity index (χ1v) is 12.6. The average molecular weight is 517 g/mol. The lowest BCUT2D eigenvalue weighted by molar-refractivity contribution is 0.0518. The molecule has 0 unspecified atom stereocenters. The summed E-state index contributed by atoms with van der Waals surface area (Å²) >= 11 is 0. The second-order valence-electron chi connectivity index (χ2n) is 9.18. The average Bonchev–Trinajstić information content (AvgIpc) is 3.52. The number of ether oxygens (including phenoxy) is 1. The summed E-state index contributed by atoms with van der Waals surface area (Å²) in [5.74, 6) is 0.450. The van der Waals surface area contributed by atoms with Crippen molar-refractivity contribution in [3.8, 4) is 16.9 Å². The van der Waals surface area contributed by atoms with E-state index in [9.17, 15) is 14.0 Å². The molecule has 1 aliphatic heterocycles. The quantitative estimate of drug-likeness (QED) is 0.335. The summed E-state index contributed by atoms with van der Waals surface area (Å²) in [5.41, 5.74) is 3.77. The molecule has 0 atom stereocenters.